The molecular weight excluding hydrogens is 320 g/mol. The van der Waals surface area contributed by atoms with Crippen molar-refractivity contribution in [2.45, 2.75) is 39.5 Å². The van der Waals surface area contributed by atoms with Gasteiger partial charge < -0.3 is 19.3 Å². The number of aryl methyl sites for hydroxylation is 1. The second kappa shape index (κ2) is 7.59. The van der Waals surface area contributed by atoms with Crippen LogP contribution in [-0.4, -0.2) is 31.8 Å². The second-order valence-corrected chi connectivity index (χ2v) is 6.91. The van der Waals surface area contributed by atoms with Crippen LogP contribution < -0.4 is 14.8 Å². The van der Waals surface area contributed by atoms with Gasteiger partial charge in [-0.1, -0.05) is 32.0 Å². The number of hydrogen-bond acceptors (Lipinski definition) is 5. The minimum Gasteiger partial charge on any atom is -0.493 e. The first-order valence-corrected chi connectivity index (χ1v) is 8.23. The van der Waals surface area contributed by atoms with E-state index in [9.17, 15) is 4.79 Å². The van der Waals surface area contributed by atoms with Crippen molar-refractivity contribution in [3.63, 3.8) is 0 Å². The van der Waals surface area contributed by atoms with Crippen LogP contribution >= 0.6 is 0 Å². The predicted molar refractivity (Wildman–Crippen MR) is 95.5 cm³/mol. The van der Waals surface area contributed by atoms with Crippen molar-refractivity contribution >= 4 is 5.91 Å². The molecule has 2 aromatic rings. The van der Waals surface area contributed by atoms with E-state index in [1.165, 1.54) is 0 Å². The fraction of sp³-hybridized carbons (Fsp3) is 0.474. The molecule has 0 saturated carbocycles. The maximum absolute atomic E-state index is 12.6. The van der Waals surface area contributed by atoms with Crippen LogP contribution in [0.1, 0.15) is 48.1 Å². The van der Waals surface area contributed by atoms with Gasteiger partial charge in [0.15, 0.2) is 11.5 Å². The predicted octanol–water partition coefficient (Wildman–Crippen LogP) is 3.27. The summed E-state index contributed by atoms with van der Waals surface area (Å²) in [7, 11) is 3.21. The van der Waals surface area contributed by atoms with Gasteiger partial charge in [0.25, 0.3) is 5.91 Å². The summed E-state index contributed by atoms with van der Waals surface area (Å²) in [5, 5.41) is 6.99. The lowest BCUT2D eigenvalue weighted by atomic mass is 9.88. The van der Waals surface area contributed by atoms with Crippen LogP contribution in [-0.2, 0) is 11.8 Å². The molecule has 0 atom stereocenters. The molecule has 2 rings (SSSR count). The minimum atomic E-state index is -0.256. The number of nitrogens with one attached hydrogen (secondary N) is 1. The third-order valence-electron chi connectivity index (χ3n) is 3.95. The average molecular weight is 346 g/mol. The topological polar surface area (TPSA) is 73.6 Å². The summed E-state index contributed by atoms with van der Waals surface area (Å²) in [6, 6.07) is 5.73. The third-order valence-corrected chi connectivity index (χ3v) is 3.95. The third kappa shape index (κ3) is 4.32. The number of nitrogens with zero attached hydrogens (tertiary/aromatic N) is 1. The molecule has 0 aliphatic rings. The Morgan fingerprint density at radius 3 is 2.48 bits per heavy atom. The molecule has 1 N–H and O–H groups in total. The molecule has 25 heavy (non-hydrogen) atoms. The zero-order valence-corrected chi connectivity index (χ0v) is 15.7. The van der Waals surface area contributed by atoms with E-state index >= 15 is 0 Å². The summed E-state index contributed by atoms with van der Waals surface area (Å²) < 4.78 is 15.8. The minimum absolute atomic E-state index is 0.163. The lowest BCUT2D eigenvalue weighted by molar-refractivity contribution is 0.0950. The molecule has 136 valence electrons. The molecule has 1 amide bonds. The van der Waals surface area contributed by atoms with Gasteiger partial charge in [0, 0.05) is 12.0 Å². The van der Waals surface area contributed by atoms with Gasteiger partial charge in [0.2, 0.25) is 0 Å². The van der Waals surface area contributed by atoms with E-state index in [1.54, 1.807) is 21.1 Å². The summed E-state index contributed by atoms with van der Waals surface area (Å²) in [4.78, 5) is 12.6. The molecule has 1 heterocycles. The van der Waals surface area contributed by atoms with Gasteiger partial charge in [-0.25, -0.2) is 0 Å². The quantitative estimate of drug-likeness (QED) is 0.869. The van der Waals surface area contributed by atoms with Crippen molar-refractivity contribution in [1.29, 1.82) is 0 Å². The fourth-order valence-electron chi connectivity index (χ4n) is 2.60. The molecule has 1 aromatic carbocycles. The van der Waals surface area contributed by atoms with Gasteiger partial charge in [-0.15, -0.1) is 0 Å². The van der Waals surface area contributed by atoms with E-state index < -0.39 is 0 Å². The molecule has 0 aliphatic heterocycles. The Morgan fingerprint density at radius 2 is 1.88 bits per heavy atom. The maximum atomic E-state index is 12.6. The molecule has 0 saturated heterocycles. The molecule has 6 heteroatoms. The Morgan fingerprint density at radius 1 is 1.20 bits per heavy atom. The highest BCUT2D eigenvalue weighted by atomic mass is 16.5. The molecule has 0 unspecified atom stereocenters. The van der Waals surface area contributed by atoms with Crippen molar-refractivity contribution in [2.24, 2.45) is 0 Å². The molecular formula is C19H26N2O4. The van der Waals surface area contributed by atoms with Crippen molar-refractivity contribution < 1.29 is 18.8 Å². The standard InChI is InChI=1S/C19H26N2O4/c1-12-16(17(21-25-12)19(2,3)4)18(22)20-10-9-13-7-8-14(23-5)15(11-13)24-6/h7-8,11H,9-10H2,1-6H3,(H,20,22). The zero-order valence-electron chi connectivity index (χ0n) is 15.7. The summed E-state index contributed by atoms with van der Waals surface area (Å²) >= 11 is 0. The van der Waals surface area contributed by atoms with Gasteiger partial charge in [-0.3, -0.25) is 4.79 Å². The van der Waals surface area contributed by atoms with E-state index in [4.69, 9.17) is 14.0 Å². The highest BCUT2D eigenvalue weighted by molar-refractivity contribution is 5.96. The Kier molecular flexibility index (Phi) is 5.72. The van der Waals surface area contributed by atoms with E-state index in [2.05, 4.69) is 10.5 Å². The van der Waals surface area contributed by atoms with Crippen molar-refractivity contribution in [1.82, 2.24) is 10.5 Å². The van der Waals surface area contributed by atoms with Crippen LogP contribution in [0, 0.1) is 6.92 Å². The van der Waals surface area contributed by atoms with Crippen LogP contribution in [0.3, 0.4) is 0 Å². The number of amides is 1. The van der Waals surface area contributed by atoms with Crippen molar-refractivity contribution in [3.05, 3.63) is 40.8 Å². The number of benzene rings is 1. The first-order valence-electron chi connectivity index (χ1n) is 8.23. The van der Waals surface area contributed by atoms with Crippen LogP contribution in [0.4, 0.5) is 0 Å². The van der Waals surface area contributed by atoms with Crippen molar-refractivity contribution in [3.8, 4) is 11.5 Å². The van der Waals surface area contributed by atoms with Crippen LogP contribution in [0.15, 0.2) is 22.7 Å². The Labute approximate surface area is 148 Å². The Bertz CT molecular complexity index is 744. The zero-order chi connectivity index (χ0) is 18.6. The molecule has 0 spiro atoms. The van der Waals surface area contributed by atoms with Crippen LogP contribution in [0.2, 0.25) is 0 Å². The molecule has 0 bridgehead atoms. The lowest BCUT2D eigenvalue weighted by Gasteiger charge is -2.16. The lowest BCUT2D eigenvalue weighted by Crippen LogP contribution is -2.29. The van der Waals surface area contributed by atoms with E-state index in [-0.39, 0.29) is 11.3 Å². The van der Waals surface area contributed by atoms with Crippen LogP contribution in [0.5, 0.6) is 11.5 Å². The van der Waals surface area contributed by atoms with E-state index in [1.807, 2.05) is 39.0 Å². The van der Waals surface area contributed by atoms with Crippen LogP contribution in [0.25, 0.3) is 0 Å². The molecule has 1 aromatic heterocycles. The Balaban J connectivity index is 2.03. The summed E-state index contributed by atoms with van der Waals surface area (Å²) in [5.74, 6) is 1.74. The molecule has 6 nitrogen and oxygen atoms in total. The number of hydrogen-bond donors (Lipinski definition) is 1. The fourth-order valence-corrected chi connectivity index (χ4v) is 2.60. The van der Waals surface area contributed by atoms with Gasteiger partial charge in [0.1, 0.15) is 17.0 Å². The maximum Gasteiger partial charge on any atom is 0.256 e. The Hall–Kier alpha value is -2.50. The normalized spacial score (nSPS) is 11.3. The highest BCUT2D eigenvalue weighted by Crippen LogP contribution is 2.28. The first kappa shape index (κ1) is 18.8. The number of ether oxygens (including phenoxy) is 2. The van der Waals surface area contributed by atoms with Gasteiger partial charge in [-0.05, 0) is 31.0 Å². The molecule has 0 aliphatic carbocycles. The summed E-state index contributed by atoms with van der Waals surface area (Å²) in [5.41, 5.74) is 2.00. The number of rotatable bonds is 6. The smallest absolute Gasteiger partial charge is 0.256 e. The average Bonchev–Trinajstić information content (AvgIpc) is 2.96. The van der Waals surface area contributed by atoms with Gasteiger partial charge >= 0.3 is 0 Å². The second-order valence-electron chi connectivity index (χ2n) is 6.91. The van der Waals surface area contributed by atoms with E-state index in [0.29, 0.717) is 41.5 Å². The summed E-state index contributed by atoms with van der Waals surface area (Å²) in [6.07, 6.45) is 0.682. The summed E-state index contributed by atoms with van der Waals surface area (Å²) in [6.45, 7) is 8.27. The number of carbonyl (C=O) groups is 1. The van der Waals surface area contributed by atoms with E-state index in [0.717, 1.165) is 5.56 Å². The number of methoxy groups -OCH3 is 2. The van der Waals surface area contributed by atoms with Gasteiger partial charge in [-0.2, -0.15) is 0 Å². The molecule has 0 radical (unpaired) electrons. The SMILES string of the molecule is COc1ccc(CCNC(=O)c2c(C(C)(C)C)noc2C)cc1OC. The molecule has 0 fully saturated rings. The van der Waals surface area contributed by atoms with Crippen molar-refractivity contribution in [2.75, 3.05) is 20.8 Å². The first-order chi connectivity index (χ1) is 11.8. The number of carbonyl (C=O) groups excluding carboxylic acids is 1. The van der Waals surface area contributed by atoms with Gasteiger partial charge in [0.05, 0.1) is 14.2 Å². The number of aromatic nitrogens is 1. The highest BCUT2D eigenvalue weighted by Gasteiger charge is 2.28. The largest absolute Gasteiger partial charge is 0.493 e. The monoisotopic (exact) mass is 346 g/mol.